The fourth-order valence-corrected chi connectivity index (χ4v) is 0.755. The molecule has 0 unspecified atom stereocenters. The van der Waals surface area contributed by atoms with Gasteiger partial charge in [-0.1, -0.05) is 0 Å². The molecule has 0 spiro atoms. The maximum atomic E-state index is 10.9. The van der Waals surface area contributed by atoms with E-state index in [1.54, 1.807) is 7.11 Å². The first-order chi connectivity index (χ1) is 6.66. The zero-order valence-electron chi connectivity index (χ0n) is 8.62. The second kappa shape index (κ2) is 8.44. The van der Waals surface area contributed by atoms with Gasteiger partial charge >= 0.3 is 5.97 Å². The molecule has 0 fully saturated rings. The predicted octanol–water partition coefficient (Wildman–Crippen LogP) is 1.10. The first-order valence-corrected chi connectivity index (χ1v) is 4.51. The SMILES string of the molecule is COCCCCOC(=O)/C=C\C(C)=O. The summed E-state index contributed by atoms with van der Waals surface area (Å²) in [7, 11) is 1.63. The summed E-state index contributed by atoms with van der Waals surface area (Å²) < 4.78 is 9.63. The maximum Gasteiger partial charge on any atom is 0.330 e. The molecule has 0 saturated carbocycles. The number of rotatable bonds is 7. The van der Waals surface area contributed by atoms with Gasteiger partial charge in [-0.25, -0.2) is 4.79 Å². The van der Waals surface area contributed by atoms with Gasteiger partial charge in [0.15, 0.2) is 5.78 Å². The number of methoxy groups -OCH3 is 1. The van der Waals surface area contributed by atoms with Gasteiger partial charge in [0.2, 0.25) is 0 Å². The Bertz CT molecular complexity index is 208. The summed E-state index contributed by atoms with van der Waals surface area (Å²) in [6.45, 7) is 2.41. The highest BCUT2D eigenvalue weighted by Gasteiger charge is 1.96. The van der Waals surface area contributed by atoms with Gasteiger partial charge in [-0.3, -0.25) is 4.79 Å². The van der Waals surface area contributed by atoms with E-state index in [9.17, 15) is 9.59 Å². The molecule has 0 heterocycles. The van der Waals surface area contributed by atoms with Gasteiger partial charge in [-0.15, -0.1) is 0 Å². The first-order valence-electron chi connectivity index (χ1n) is 4.51. The van der Waals surface area contributed by atoms with Crippen LogP contribution in [-0.4, -0.2) is 32.1 Å². The van der Waals surface area contributed by atoms with E-state index in [1.807, 2.05) is 0 Å². The monoisotopic (exact) mass is 200 g/mol. The van der Waals surface area contributed by atoms with Gasteiger partial charge in [-0.05, 0) is 25.8 Å². The average molecular weight is 200 g/mol. The van der Waals surface area contributed by atoms with E-state index in [-0.39, 0.29) is 5.78 Å². The maximum absolute atomic E-state index is 10.9. The minimum absolute atomic E-state index is 0.165. The fourth-order valence-electron chi connectivity index (χ4n) is 0.755. The summed E-state index contributed by atoms with van der Waals surface area (Å²) in [6.07, 6.45) is 3.96. The number of carbonyl (C=O) groups is 2. The number of hydrogen-bond donors (Lipinski definition) is 0. The van der Waals surface area contributed by atoms with Crippen LogP contribution in [0.4, 0.5) is 0 Å². The highest BCUT2D eigenvalue weighted by molar-refractivity contribution is 5.94. The molecule has 0 aromatic rings. The van der Waals surface area contributed by atoms with E-state index in [4.69, 9.17) is 9.47 Å². The molecule has 4 nitrogen and oxygen atoms in total. The molecule has 80 valence electrons. The summed E-state index contributed by atoms with van der Waals surface area (Å²) in [6, 6.07) is 0. The molecular weight excluding hydrogens is 184 g/mol. The van der Waals surface area contributed by atoms with Crippen LogP contribution in [0.2, 0.25) is 0 Å². The summed E-state index contributed by atoms with van der Waals surface area (Å²) in [5, 5.41) is 0. The van der Waals surface area contributed by atoms with Gasteiger partial charge in [0.05, 0.1) is 6.61 Å². The molecule has 0 aliphatic carbocycles. The summed E-state index contributed by atoms with van der Waals surface area (Å²) in [5.74, 6) is -0.640. The molecule has 0 bridgehead atoms. The van der Waals surface area contributed by atoms with Crippen molar-refractivity contribution in [3.8, 4) is 0 Å². The van der Waals surface area contributed by atoms with Crippen molar-refractivity contribution in [2.75, 3.05) is 20.3 Å². The Balaban J connectivity index is 3.40. The average Bonchev–Trinajstić information content (AvgIpc) is 2.14. The standard InChI is InChI=1S/C10H16O4/c1-9(11)5-6-10(12)14-8-4-3-7-13-2/h5-6H,3-4,7-8H2,1-2H3/b6-5-. The third-order valence-electron chi connectivity index (χ3n) is 1.44. The van der Waals surface area contributed by atoms with E-state index >= 15 is 0 Å². The van der Waals surface area contributed by atoms with E-state index in [1.165, 1.54) is 13.0 Å². The number of esters is 1. The van der Waals surface area contributed by atoms with Crippen molar-refractivity contribution < 1.29 is 19.1 Å². The molecule has 14 heavy (non-hydrogen) atoms. The van der Waals surface area contributed by atoms with Crippen molar-refractivity contribution in [1.82, 2.24) is 0 Å². The lowest BCUT2D eigenvalue weighted by atomic mass is 10.3. The summed E-state index contributed by atoms with van der Waals surface area (Å²) in [5.41, 5.74) is 0. The number of allylic oxidation sites excluding steroid dienone is 1. The molecule has 0 aliphatic heterocycles. The molecule has 0 aromatic heterocycles. The Morgan fingerprint density at radius 2 is 1.79 bits per heavy atom. The summed E-state index contributed by atoms with van der Waals surface area (Å²) in [4.78, 5) is 21.3. The topological polar surface area (TPSA) is 52.6 Å². The van der Waals surface area contributed by atoms with Crippen molar-refractivity contribution in [3.05, 3.63) is 12.2 Å². The van der Waals surface area contributed by atoms with Crippen molar-refractivity contribution in [1.29, 1.82) is 0 Å². The third kappa shape index (κ3) is 8.93. The molecule has 0 amide bonds. The minimum Gasteiger partial charge on any atom is -0.463 e. The van der Waals surface area contributed by atoms with Crippen molar-refractivity contribution >= 4 is 11.8 Å². The van der Waals surface area contributed by atoms with Crippen molar-refractivity contribution in [3.63, 3.8) is 0 Å². The van der Waals surface area contributed by atoms with Crippen LogP contribution in [0, 0.1) is 0 Å². The van der Waals surface area contributed by atoms with Crippen LogP contribution in [0.15, 0.2) is 12.2 Å². The van der Waals surface area contributed by atoms with E-state index < -0.39 is 5.97 Å². The Kier molecular flexibility index (Phi) is 7.74. The van der Waals surface area contributed by atoms with E-state index in [0.717, 1.165) is 18.9 Å². The molecule has 0 radical (unpaired) electrons. The Labute approximate surface area is 83.9 Å². The molecule has 0 saturated heterocycles. The normalized spacial score (nSPS) is 10.4. The molecule has 4 heteroatoms. The van der Waals surface area contributed by atoms with E-state index in [2.05, 4.69) is 0 Å². The smallest absolute Gasteiger partial charge is 0.330 e. The lowest BCUT2D eigenvalue weighted by Gasteiger charge is -2.00. The molecule has 0 aliphatic rings. The van der Waals surface area contributed by atoms with Crippen molar-refractivity contribution in [2.45, 2.75) is 19.8 Å². The van der Waals surface area contributed by atoms with Crippen LogP contribution in [0.5, 0.6) is 0 Å². The number of unbranched alkanes of at least 4 members (excludes halogenated alkanes) is 1. The van der Waals surface area contributed by atoms with Crippen molar-refractivity contribution in [2.24, 2.45) is 0 Å². The fraction of sp³-hybridized carbons (Fsp3) is 0.600. The quantitative estimate of drug-likeness (QED) is 0.351. The van der Waals surface area contributed by atoms with Crippen LogP contribution in [0.3, 0.4) is 0 Å². The molecule has 0 N–H and O–H groups in total. The predicted molar refractivity (Wildman–Crippen MR) is 51.9 cm³/mol. The minimum atomic E-state index is -0.474. The Hall–Kier alpha value is -1.16. The second-order valence-electron chi connectivity index (χ2n) is 2.81. The van der Waals surface area contributed by atoms with Crippen LogP contribution in [0.1, 0.15) is 19.8 Å². The number of ketones is 1. The zero-order valence-corrected chi connectivity index (χ0v) is 8.62. The Morgan fingerprint density at radius 1 is 1.14 bits per heavy atom. The van der Waals surface area contributed by atoms with Crippen LogP contribution in [-0.2, 0) is 19.1 Å². The second-order valence-corrected chi connectivity index (χ2v) is 2.81. The lowest BCUT2D eigenvalue weighted by molar-refractivity contribution is -0.138. The largest absolute Gasteiger partial charge is 0.463 e. The number of carbonyl (C=O) groups excluding carboxylic acids is 2. The number of hydrogen-bond acceptors (Lipinski definition) is 4. The third-order valence-corrected chi connectivity index (χ3v) is 1.44. The molecule has 0 atom stereocenters. The van der Waals surface area contributed by atoms with Crippen LogP contribution < -0.4 is 0 Å². The van der Waals surface area contributed by atoms with Gasteiger partial charge < -0.3 is 9.47 Å². The Morgan fingerprint density at radius 3 is 2.36 bits per heavy atom. The van der Waals surface area contributed by atoms with E-state index in [0.29, 0.717) is 13.2 Å². The lowest BCUT2D eigenvalue weighted by Crippen LogP contribution is -2.03. The number of ether oxygens (including phenoxy) is 2. The van der Waals surface area contributed by atoms with Gasteiger partial charge in [0, 0.05) is 19.8 Å². The van der Waals surface area contributed by atoms with Gasteiger partial charge in [0.25, 0.3) is 0 Å². The zero-order chi connectivity index (χ0) is 10.8. The summed E-state index contributed by atoms with van der Waals surface area (Å²) >= 11 is 0. The van der Waals surface area contributed by atoms with Gasteiger partial charge in [0.1, 0.15) is 0 Å². The molecule has 0 rings (SSSR count). The highest BCUT2D eigenvalue weighted by Crippen LogP contribution is 1.91. The van der Waals surface area contributed by atoms with Crippen LogP contribution >= 0.6 is 0 Å². The highest BCUT2D eigenvalue weighted by atomic mass is 16.5. The van der Waals surface area contributed by atoms with Gasteiger partial charge in [-0.2, -0.15) is 0 Å². The van der Waals surface area contributed by atoms with Crippen LogP contribution in [0.25, 0.3) is 0 Å². The first kappa shape index (κ1) is 12.8. The molecule has 0 aromatic carbocycles. The molecular formula is C10H16O4.